The van der Waals surface area contributed by atoms with Gasteiger partial charge in [-0.1, -0.05) is 35.1 Å². The number of hydrogen-bond acceptors (Lipinski definition) is 6. The third kappa shape index (κ3) is 3.12. The first kappa shape index (κ1) is 16.5. The van der Waals surface area contributed by atoms with Gasteiger partial charge in [0.15, 0.2) is 0 Å². The number of nitrogens with zero attached hydrogens (tertiary/aromatic N) is 4. The monoisotopic (exact) mass is 385 g/mol. The van der Waals surface area contributed by atoms with Crippen LogP contribution >= 0.6 is 22.9 Å². The molecule has 0 saturated heterocycles. The highest BCUT2D eigenvalue weighted by Gasteiger charge is 2.12. The fourth-order valence-corrected chi connectivity index (χ4v) is 3.49. The Hall–Kier alpha value is -2.97. The van der Waals surface area contributed by atoms with Crippen LogP contribution in [0.1, 0.15) is 10.4 Å². The maximum absolute atomic E-state index is 12.5. The van der Waals surface area contributed by atoms with Crippen LogP contribution in [-0.4, -0.2) is 32.8 Å². The van der Waals surface area contributed by atoms with Crippen molar-refractivity contribution in [3.8, 4) is 16.3 Å². The number of carbonyl (C=O) groups is 1. The lowest BCUT2D eigenvalue weighted by atomic mass is 10.1. The van der Waals surface area contributed by atoms with Crippen LogP contribution in [0.15, 0.2) is 48.8 Å². The van der Waals surface area contributed by atoms with Crippen molar-refractivity contribution >= 4 is 39.5 Å². The largest absolute Gasteiger partial charge is 0.495 e. The van der Waals surface area contributed by atoms with E-state index in [0.29, 0.717) is 27.0 Å². The predicted octanol–water partition coefficient (Wildman–Crippen LogP) is 3.77. The molecule has 4 rings (SSSR count). The SMILES string of the molecule is COc1ccc(C(=O)Nc2cccc(-c3nn4cnnc4s3)c2)cc1Cl. The Morgan fingerprint density at radius 2 is 2.15 bits per heavy atom. The molecular weight excluding hydrogens is 374 g/mol. The molecule has 26 heavy (non-hydrogen) atoms. The van der Waals surface area contributed by atoms with E-state index in [4.69, 9.17) is 16.3 Å². The van der Waals surface area contributed by atoms with Crippen molar-refractivity contribution in [2.75, 3.05) is 12.4 Å². The highest BCUT2D eigenvalue weighted by molar-refractivity contribution is 7.19. The molecule has 0 fully saturated rings. The molecule has 1 amide bonds. The number of methoxy groups -OCH3 is 1. The number of amides is 1. The van der Waals surface area contributed by atoms with Crippen LogP contribution in [0, 0.1) is 0 Å². The average molecular weight is 386 g/mol. The van der Waals surface area contributed by atoms with E-state index < -0.39 is 0 Å². The summed E-state index contributed by atoms with van der Waals surface area (Å²) in [6, 6.07) is 12.3. The minimum absolute atomic E-state index is 0.259. The Labute approximate surface area is 157 Å². The third-order valence-electron chi connectivity index (χ3n) is 3.67. The Bertz CT molecular complexity index is 1080. The molecule has 0 aliphatic rings. The number of halogens is 1. The molecule has 7 nitrogen and oxygen atoms in total. The molecule has 0 atom stereocenters. The first-order valence-corrected chi connectivity index (χ1v) is 8.75. The van der Waals surface area contributed by atoms with Gasteiger partial charge in [0.05, 0.1) is 12.1 Å². The molecule has 4 aromatic rings. The lowest BCUT2D eigenvalue weighted by Crippen LogP contribution is -2.11. The van der Waals surface area contributed by atoms with Crippen LogP contribution in [0.4, 0.5) is 5.69 Å². The van der Waals surface area contributed by atoms with Gasteiger partial charge in [-0.05, 0) is 30.3 Å². The van der Waals surface area contributed by atoms with Gasteiger partial charge >= 0.3 is 0 Å². The molecule has 0 unspecified atom stereocenters. The highest BCUT2D eigenvalue weighted by atomic mass is 35.5. The van der Waals surface area contributed by atoms with Crippen LogP contribution in [0.5, 0.6) is 5.75 Å². The number of hydrogen-bond donors (Lipinski definition) is 1. The number of fused-ring (bicyclic) bond motifs is 1. The zero-order chi connectivity index (χ0) is 18.1. The molecule has 2 aromatic carbocycles. The standard InChI is InChI=1S/C17H12ClN5O2S/c1-25-14-6-5-10(8-13(14)18)15(24)20-12-4-2-3-11(7-12)16-22-23-9-19-21-17(23)26-16/h2-9H,1H3,(H,20,24). The number of nitrogens with one attached hydrogen (secondary N) is 1. The van der Waals surface area contributed by atoms with E-state index in [0.717, 1.165) is 10.6 Å². The molecule has 0 aliphatic carbocycles. The summed E-state index contributed by atoms with van der Waals surface area (Å²) in [5, 5.41) is 16.2. The summed E-state index contributed by atoms with van der Waals surface area (Å²) in [6.45, 7) is 0. The topological polar surface area (TPSA) is 81.4 Å². The van der Waals surface area contributed by atoms with Gasteiger partial charge in [0.25, 0.3) is 5.91 Å². The summed E-state index contributed by atoms with van der Waals surface area (Å²) in [7, 11) is 1.53. The lowest BCUT2D eigenvalue weighted by Gasteiger charge is -2.08. The smallest absolute Gasteiger partial charge is 0.255 e. The summed E-state index contributed by atoms with van der Waals surface area (Å²) in [5.74, 6) is 0.262. The molecule has 2 heterocycles. The number of aromatic nitrogens is 4. The molecule has 0 bridgehead atoms. The van der Waals surface area contributed by atoms with Gasteiger partial charge in [-0.3, -0.25) is 4.79 Å². The molecule has 1 N–H and O–H groups in total. The third-order valence-corrected chi connectivity index (χ3v) is 4.93. The van der Waals surface area contributed by atoms with E-state index in [2.05, 4.69) is 20.6 Å². The Kier molecular flexibility index (Phi) is 4.27. The number of anilines is 1. The van der Waals surface area contributed by atoms with Crippen molar-refractivity contribution in [1.29, 1.82) is 0 Å². The first-order chi connectivity index (χ1) is 12.6. The summed E-state index contributed by atoms with van der Waals surface area (Å²) in [6.07, 6.45) is 1.55. The molecular formula is C17H12ClN5O2S. The van der Waals surface area contributed by atoms with Crippen molar-refractivity contribution in [3.63, 3.8) is 0 Å². The van der Waals surface area contributed by atoms with Crippen LogP contribution < -0.4 is 10.1 Å². The minimum atomic E-state index is -0.259. The van der Waals surface area contributed by atoms with Crippen LogP contribution in [0.25, 0.3) is 15.5 Å². The summed E-state index contributed by atoms with van der Waals surface area (Å²) >= 11 is 7.51. The number of carbonyl (C=O) groups excluding carboxylic acids is 1. The Morgan fingerprint density at radius 3 is 2.92 bits per heavy atom. The van der Waals surface area contributed by atoms with Crippen molar-refractivity contribution in [1.82, 2.24) is 19.8 Å². The summed E-state index contributed by atoms with van der Waals surface area (Å²) < 4.78 is 6.72. The zero-order valence-corrected chi connectivity index (χ0v) is 15.1. The van der Waals surface area contributed by atoms with Gasteiger partial charge in [-0.2, -0.15) is 9.61 Å². The van der Waals surface area contributed by atoms with Gasteiger partial charge in [-0.15, -0.1) is 10.2 Å². The van der Waals surface area contributed by atoms with Gasteiger partial charge in [-0.25, -0.2) is 0 Å². The van der Waals surface area contributed by atoms with Gasteiger partial charge in [0.1, 0.15) is 17.1 Å². The second-order valence-electron chi connectivity index (χ2n) is 5.35. The molecule has 0 spiro atoms. The van der Waals surface area contributed by atoms with Crippen molar-refractivity contribution < 1.29 is 9.53 Å². The first-order valence-electron chi connectivity index (χ1n) is 7.56. The maximum atomic E-state index is 12.5. The summed E-state index contributed by atoms with van der Waals surface area (Å²) in [5.41, 5.74) is 1.98. The lowest BCUT2D eigenvalue weighted by molar-refractivity contribution is 0.102. The molecule has 0 aliphatic heterocycles. The van der Waals surface area contributed by atoms with E-state index in [1.807, 2.05) is 24.3 Å². The van der Waals surface area contributed by atoms with E-state index in [9.17, 15) is 4.79 Å². The van der Waals surface area contributed by atoms with Crippen LogP contribution in [-0.2, 0) is 0 Å². The quantitative estimate of drug-likeness (QED) is 0.578. The van der Waals surface area contributed by atoms with E-state index >= 15 is 0 Å². The van der Waals surface area contributed by atoms with Crippen molar-refractivity contribution in [3.05, 3.63) is 59.4 Å². The Balaban J connectivity index is 1.57. The van der Waals surface area contributed by atoms with Crippen molar-refractivity contribution in [2.24, 2.45) is 0 Å². The molecule has 130 valence electrons. The van der Waals surface area contributed by atoms with E-state index in [-0.39, 0.29) is 5.91 Å². The summed E-state index contributed by atoms with van der Waals surface area (Å²) in [4.78, 5) is 13.2. The van der Waals surface area contributed by atoms with Crippen molar-refractivity contribution in [2.45, 2.75) is 0 Å². The molecule has 9 heteroatoms. The molecule has 0 radical (unpaired) electrons. The number of rotatable bonds is 4. The van der Waals surface area contributed by atoms with E-state index in [1.54, 1.807) is 29.0 Å². The normalized spacial score (nSPS) is 10.8. The molecule has 0 saturated carbocycles. The molecule has 2 aromatic heterocycles. The second-order valence-corrected chi connectivity index (χ2v) is 6.71. The average Bonchev–Trinajstić information content (AvgIpc) is 3.24. The maximum Gasteiger partial charge on any atom is 0.255 e. The number of benzene rings is 2. The minimum Gasteiger partial charge on any atom is -0.495 e. The fraction of sp³-hybridized carbons (Fsp3) is 0.0588. The van der Waals surface area contributed by atoms with Gasteiger partial charge in [0, 0.05) is 16.8 Å². The zero-order valence-electron chi connectivity index (χ0n) is 13.5. The van der Waals surface area contributed by atoms with Gasteiger partial charge in [0.2, 0.25) is 4.96 Å². The fourth-order valence-electron chi connectivity index (χ4n) is 2.42. The van der Waals surface area contributed by atoms with Crippen LogP contribution in [0.2, 0.25) is 5.02 Å². The van der Waals surface area contributed by atoms with Gasteiger partial charge < -0.3 is 10.1 Å². The highest BCUT2D eigenvalue weighted by Crippen LogP contribution is 2.28. The van der Waals surface area contributed by atoms with Crippen LogP contribution in [0.3, 0.4) is 0 Å². The van der Waals surface area contributed by atoms with E-state index in [1.165, 1.54) is 18.4 Å². The Morgan fingerprint density at radius 1 is 1.27 bits per heavy atom. The second kappa shape index (κ2) is 6.74. The number of ether oxygens (including phenoxy) is 1. The predicted molar refractivity (Wildman–Crippen MR) is 100 cm³/mol.